The first-order valence-corrected chi connectivity index (χ1v) is 6.68. The molecular weight excluding hydrogens is 272 g/mol. The molecule has 2 aliphatic rings. The molecule has 108 valence electrons. The number of nitrogens with zero attached hydrogens (tertiary/aromatic N) is 4. The second-order valence-corrected chi connectivity index (χ2v) is 5.32. The van der Waals surface area contributed by atoms with E-state index in [1.54, 1.807) is 13.8 Å². The van der Waals surface area contributed by atoms with E-state index in [0.29, 0.717) is 11.5 Å². The van der Waals surface area contributed by atoms with E-state index in [1.165, 1.54) is 17.8 Å². The van der Waals surface area contributed by atoms with Gasteiger partial charge >= 0.3 is 5.97 Å². The predicted octanol–water partition coefficient (Wildman–Crippen LogP) is 1.10. The average Bonchev–Trinajstić information content (AvgIpc) is 3.03. The Kier molecular flexibility index (Phi) is 2.57. The zero-order valence-corrected chi connectivity index (χ0v) is 12.0. The van der Waals surface area contributed by atoms with Crippen molar-refractivity contribution in [2.75, 3.05) is 6.61 Å². The minimum Gasteiger partial charge on any atom is -0.464 e. The van der Waals surface area contributed by atoms with Crippen LogP contribution < -0.4 is 0 Å². The van der Waals surface area contributed by atoms with Crippen molar-refractivity contribution in [3.63, 3.8) is 0 Å². The van der Waals surface area contributed by atoms with E-state index >= 15 is 0 Å². The number of nitriles is 1. The maximum atomic E-state index is 12.5. The third kappa shape index (κ3) is 1.32. The maximum absolute atomic E-state index is 12.5. The number of ketones is 1. The SMILES string of the molecule is CCOC(=O)[C@@]12C[C@]1(C(C)=O)C(C)=Nc1c(C#N)cnn12. The van der Waals surface area contributed by atoms with E-state index < -0.39 is 16.9 Å². The van der Waals surface area contributed by atoms with Crippen LogP contribution in [0.4, 0.5) is 5.82 Å². The van der Waals surface area contributed by atoms with E-state index in [-0.39, 0.29) is 24.4 Å². The third-order valence-electron chi connectivity index (χ3n) is 4.43. The molecule has 2 heterocycles. The number of Topliss-reactive ketones (excluding diaryl/α,β-unsaturated/α-hetero) is 1. The van der Waals surface area contributed by atoms with Gasteiger partial charge in [0.15, 0.2) is 11.4 Å². The Labute approximate surface area is 121 Å². The molecule has 0 N–H and O–H groups in total. The smallest absolute Gasteiger partial charge is 0.335 e. The van der Waals surface area contributed by atoms with Crippen molar-refractivity contribution in [3.05, 3.63) is 11.8 Å². The summed E-state index contributed by atoms with van der Waals surface area (Å²) in [7, 11) is 0. The molecule has 2 atom stereocenters. The van der Waals surface area contributed by atoms with Gasteiger partial charge in [0.2, 0.25) is 0 Å². The van der Waals surface area contributed by atoms with Gasteiger partial charge in [0.25, 0.3) is 0 Å². The fraction of sp³-hybridized carbons (Fsp3) is 0.500. The van der Waals surface area contributed by atoms with Crippen molar-refractivity contribution in [3.8, 4) is 6.07 Å². The summed E-state index contributed by atoms with van der Waals surface area (Å²) in [4.78, 5) is 29.0. The van der Waals surface area contributed by atoms with Crippen molar-refractivity contribution in [2.24, 2.45) is 10.4 Å². The van der Waals surface area contributed by atoms with Crippen LogP contribution in [0.3, 0.4) is 0 Å². The molecule has 0 aromatic carbocycles. The van der Waals surface area contributed by atoms with Gasteiger partial charge in [-0.25, -0.2) is 14.5 Å². The third-order valence-corrected chi connectivity index (χ3v) is 4.43. The molecule has 1 aromatic rings. The van der Waals surface area contributed by atoms with Gasteiger partial charge in [-0.1, -0.05) is 0 Å². The summed E-state index contributed by atoms with van der Waals surface area (Å²) in [6, 6.07) is 2.00. The summed E-state index contributed by atoms with van der Waals surface area (Å²) in [5.41, 5.74) is -1.37. The van der Waals surface area contributed by atoms with Crippen molar-refractivity contribution in [1.82, 2.24) is 9.78 Å². The number of esters is 1. The van der Waals surface area contributed by atoms with Crippen molar-refractivity contribution < 1.29 is 14.3 Å². The highest BCUT2D eigenvalue weighted by molar-refractivity contribution is 6.19. The number of carbonyl (C=O) groups is 2. The van der Waals surface area contributed by atoms with Gasteiger partial charge in [-0.3, -0.25) is 4.79 Å². The van der Waals surface area contributed by atoms with Crippen molar-refractivity contribution in [1.29, 1.82) is 5.26 Å². The molecule has 0 radical (unpaired) electrons. The van der Waals surface area contributed by atoms with E-state index in [0.717, 1.165) is 0 Å². The molecule has 1 aliphatic heterocycles. The van der Waals surface area contributed by atoms with E-state index in [4.69, 9.17) is 10.00 Å². The van der Waals surface area contributed by atoms with Gasteiger partial charge in [-0.15, -0.1) is 0 Å². The summed E-state index contributed by atoms with van der Waals surface area (Å²) < 4.78 is 6.55. The number of rotatable bonds is 3. The van der Waals surface area contributed by atoms with Crippen LogP contribution >= 0.6 is 0 Å². The van der Waals surface area contributed by atoms with Crippen molar-refractivity contribution in [2.45, 2.75) is 32.7 Å². The van der Waals surface area contributed by atoms with Crippen LogP contribution in [0.2, 0.25) is 0 Å². The van der Waals surface area contributed by atoms with Crippen LogP contribution in [0.1, 0.15) is 32.8 Å². The molecule has 1 saturated carbocycles. The van der Waals surface area contributed by atoms with Gasteiger partial charge in [-0.2, -0.15) is 10.4 Å². The Bertz CT molecular complexity index is 742. The molecule has 1 aromatic heterocycles. The molecule has 1 fully saturated rings. The van der Waals surface area contributed by atoms with Gasteiger partial charge in [0, 0.05) is 12.1 Å². The van der Waals surface area contributed by atoms with E-state index in [1.807, 2.05) is 6.07 Å². The van der Waals surface area contributed by atoms with Crippen LogP contribution in [0.25, 0.3) is 0 Å². The summed E-state index contributed by atoms with van der Waals surface area (Å²) in [6.07, 6.45) is 1.64. The number of carbonyl (C=O) groups excluding carboxylic acids is 2. The lowest BCUT2D eigenvalue weighted by molar-refractivity contribution is -0.151. The summed E-state index contributed by atoms with van der Waals surface area (Å²) in [5.74, 6) is -0.322. The first kappa shape index (κ1) is 13.5. The topological polar surface area (TPSA) is 97.3 Å². The Morgan fingerprint density at radius 1 is 1.57 bits per heavy atom. The molecule has 0 spiro atoms. The summed E-state index contributed by atoms with van der Waals surface area (Å²) in [6.45, 7) is 5.08. The molecule has 0 bridgehead atoms. The van der Waals surface area contributed by atoms with Crippen molar-refractivity contribution >= 4 is 23.3 Å². The van der Waals surface area contributed by atoms with Crippen LogP contribution in [0, 0.1) is 16.7 Å². The lowest BCUT2D eigenvalue weighted by Gasteiger charge is -2.27. The summed E-state index contributed by atoms with van der Waals surface area (Å²) >= 11 is 0. The first-order chi connectivity index (χ1) is 9.95. The second kappa shape index (κ2) is 4.01. The van der Waals surface area contributed by atoms with E-state index in [9.17, 15) is 9.59 Å². The number of hydrogen-bond donors (Lipinski definition) is 0. The van der Waals surface area contributed by atoms with Crippen LogP contribution in [-0.4, -0.2) is 33.9 Å². The number of aliphatic imine (C=N–C) groups is 1. The quantitative estimate of drug-likeness (QED) is 0.775. The molecule has 0 unspecified atom stereocenters. The average molecular weight is 286 g/mol. The van der Waals surface area contributed by atoms with Gasteiger partial charge in [-0.05, 0) is 20.8 Å². The highest BCUT2D eigenvalue weighted by atomic mass is 16.5. The minimum absolute atomic E-state index is 0.142. The van der Waals surface area contributed by atoms with Crippen LogP contribution in [0.15, 0.2) is 11.2 Å². The fourth-order valence-corrected chi connectivity index (χ4v) is 3.34. The Balaban J connectivity index is 2.26. The number of aromatic nitrogens is 2. The van der Waals surface area contributed by atoms with Gasteiger partial charge in [0.05, 0.1) is 12.8 Å². The monoisotopic (exact) mass is 286 g/mol. The molecule has 21 heavy (non-hydrogen) atoms. The fourth-order valence-electron chi connectivity index (χ4n) is 3.34. The Morgan fingerprint density at radius 2 is 2.29 bits per heavy atom. The minimum atomic E-state index is -1.19. The molecule has 0 saturated heterocycles. The van der Waals surface area contributed by atoms with Gasteiger partial charge in [0.1, 0.15) is 22.8 Å². The Hall–Kier alpha value is -2.49. The van der Waals surface area contributed by atoms with E-state index in [2.05, 4.69) is 10.1 Å². The molecule has 3 rings (SSSR count). The Morgan fingerprint density at radius 3 is 2.86 bits per heavy atom. The zero-order chi connectivity index (χ0) is 15.4. The first-order valence-electron chi connectivity index (χ1n) is 6.68. The normalized spacial score (nSPS) is 28.8. The number of ether oxygens (including phenoxy) is 1. The lowest BCUT2D eigenvalue weighted by Crippen LogP contribution is -2.44. The summed E-state index contributed by atoms with van der Waals surface area (Å²) in [5, 5.41) is 13.2. The molecule has 7 heteroatoms. The van der Waals surface area contributed by atoms with Crippen LogP contribution in [-0.2, 0) is 19.9 Å². The molecular formula is C14H14N4O3. The zero-order valence-electron chi connectivity index (χ0n) is 12.0. The lowest BCUT2D eigenvalue weighted by atomic mass is 9.89. The predicted molar refractivity (Wildman–Crippen MR) is 72.0 cm³/mol. The highest BCUT2D eigenvalue weighted by Crippen LogP contribution is 2.66. The highest BCUT2D eigenvalue weighted by Gasteiger charge is 2.81. The molecule has 7 nitrogen and oxygen atoms in total. The largest absolute Gasteiger partial charge is 0.464 e. The van der Waals surface area contributed by atoms with Crippen LogP contribution in [0.5, 0.6) is 0 Å². The van der Waals surface area contributed by atoms with Gasteiger partial charge < -0.3 is 4.74 Å². The number of hydrogen-bond acceptors (Lipinski definition) is 6. The second-order valence-electron chi connectivity index (χ2n) is 5.32. The standard InChI is InChI=1S/C14H14N4O3/c1-4-21-12(20)14-7-13(14,9(3)19)8(2)17-11-10(5-15)6-16-18(11)14/h6H,4,7H2,1-3H3/t13-,14+/m1/s1. The number of fused-ring (bicyclic) bond motifs is 3. The molecule has 0 amide bonds. The maximum Gasteiger partial charge on any atom is 0.335 e. The molecule has 1 aliphatic carbocycles.